The molecule has 0 unspecified atom stereocenters. The molecule has 0 saturated carbocycles. The summed E-state index contributed by atoms with van der Waals surface area (Å²) in [5.74, 6) is 0.201. The molecule has 1 aromatic heterocycles. The second-order valence-electron chi connectivity index (χ2n) is 3.41. The Morgan fingerprint density at radius 2 is 2.08 bits per heavy atom. The maximum absolute atomic E-state index is 10.0. The van der Waals surface area contributed by atoms with Gasteiger partial charge in [-0.15, -0.1) is 11.3 Å². The number of rotatable bonds is 2. The fraction of sp³-hybridized carbons (Fsp3) is 0.556. The molecule has 1 rings (SSSR count). The zero-order valence-electron chi connectivity index (χ0n) is 7.47. The van der Waals surface area contributed by atoms with Crippen molar-refractivity contribution in [1.29, 1.82) is 0 Å². The highest BCUT2D eigenvalue weighted by atomic mass is 35.5. The first kappa shape index (κ1) is 10.0. The van der Waals surface area contributed by atoms with Crippen LogP contribution < -0.4 is 0 Å². The second-order valence-corrected chi connectivity index (χ2v) is 5.12. The number of aliphatic hydroxyl groups is 1. The van der Waals surface area contributed by atoms with Gasteiger partial charge in [0.25, 0.3) is 0 Å². The molecule has 0 aliphatic heterocycles. The Bertz CT molecular complexity index is 265. The summed E-state index contributed by atoms with van der Waals surface area (Å²) in [5.41, 5.74) is -0.752. The average Bonchev–Trinajstić information content (AvgIpc) is 2.35. The van der Waals surface area contributed by atoms with Gasteiger partial charge in [0.05, 0.1) is 9.94 Å². The van der Waals surface area contributed by atoms with Crippen molar-refractivity contribution in [3.05, 3.63) is 21.3 Å². The van der Waals surface area contributed by atoms with E-state index in [0.717, 1.165) is 9.21 Å². The van der Waals surface area contributed by atoms with E-state index >= 15 is 0 Å². The highest BCUT2D eigenvalue weighted by Crippen LogP contribution is 2.35. The zero-order chi connectivity index (χ0) is 9.35. The fourth-order valence-electron chi connectivity index (χ4n) is 0.871. The van der Waals surface area contributed by atoms with Gasteiger partial charge in [-0.05, 0) is 25.0 Å². The average molecular weight is 205 g/mol. The molecule has 0 fully saturated rings. The molecule has 0 aliphatic rings. The topological polar surface area (TPSA) is 20.2 Å². The monoisotopic (exact) mass is 204 g/mol. The minimum absolute atomic E-state index is 0.201. The number of hydrogen-bond donors (Lipinski definition) is 1. The highest BCUT2D eigenvalue weighted by molar-refractivity contribution is 7.16. The van der Waals surface area contributed by atoms with E-state index < -0.39 is 5.60 Å². The van der Waals surface area contributed by atoms with E-state index in [9.17, 15) is 5.11 Å². The summed E-state index contributed by atoms with van der Waals surface area (Å²) in [4.78, 5) is 0.933. The first-order valence-electron chi connectivity index (χ1n) is 3.92. The Morgan fingerprint density at radius 3 is 2.42 bits per heavy atom. The van der Waals surface area contributed by atoms with Crippen LogP contribution in [0, 0.1) is 5.92 Å². The molecule has 0 amide bonds. The fourth-order valence-corrected chi connectivity index (χ4v) is 2.11. The molecule has 3 heteroatoms. The second kappa shape index (κ2) is 3.36. The molecule has 12 heavy (non-hydrogen) atoms. The third kappa shape index (κ3) is 1.82. The van der Waals surface area contributed by atoms with Gasteiger partial charge in [0.2, 0.25) is 0 Å². The van der Waals surface area contributed by atoms with Gasteiger partial charge in [-0.2, -0.15) is 0 Å². The van der Waals surface area contributed by atoms with Crippen LogP contribution in [-0.4, -0.2) is 5.11 Å². The summed E-state index contributed by atoms with van der Waals surface area (Å²) in [5, 5.41) is 10.0. The summed E-state index contributed by atoms with van der Waals surface area (Å²) < 4.78 is 0.728. The first-order valence-corrected chi connectivity index (χ1v) is 5.12. The standard InChI is InChI=1S/C9H13ClOS/c1-6(2)9(3,11)7-4-5-8(10)12-7/h4-6,11H,1-3H3/t9-/m0/s1. The van der Waals surface area contributed by atoms with Gasteiger partial charge < -0.3 is 5.11 Å². The molecule has 0 spiro atoms. The summed E-state index contributed by atoms with van der Waals surface area (Å²) in [6.45, 7) is 5.81. The molecule has 1 atom stereocenters. The highest BCUT2D eigenvalue weighted by Gasteiger charge is 2.28. The Kier molecular flexibility index (Phi) is 2.81. The van der Waals surface area contributed by atoms with Crippen LogP contribution in [0.1, 0.15) is 25.6 Å². The lowest BCUT2D eigenvalue weighted by Crippen LogP contribution is -2.26. The summed E-state index contributed by atoms with van der Waals surface area (Å²) >= 11 is 7.22. The molecule has 0 aliphatic carbocycles. The first-order chi connectivity index (χ1) is 5.44. The van der Waals surface area contributed by atoms with Crippen molar-refractivity contribution >= 4 is 22.9 Å². The molecule has 0 radical (unpaired) electrons. The summed E-state index contributed by atoms with van der Waals surface area (Å²) in [6.07, 6.45) is 0. The quantitative estimate of drug-likeness (QED) is 0.784. The maximum atomic E-state index is 10.0. The normalized spacial score (nSPS) is 16.5. The van der Waals surface area contributed by atoms with Crippen LogP contribution in [0.3, 0.4) is 0 Å². The molecule has 0 bridgehead atoms. The lowest BCUT2D eigenvalue weighted by molar-refractivity contribution is 0.0126. The van der Waals surface area contributed by atoms with E-state index in [-0.39, 0.29) is 5.92 Å². The minimum Gasteiger partial charge on any atom is -0.384 e. The summed E-state index contributed by atoms with van der Waals surface area (Å²) in [6, 6.07) is 3.70. The molecular weight excluding hydrogens is 192 g/mol. The van der Waals surface area contributed by atoms with Crippen LogP contribution in [0.25, 0.3) is 0 Å². The molecule has 1 aromatic rings. The largest absolute Gasteiger partial charge is 0.384 e. The van der Waals surface area contributed by atoms with Crippen LogP contribution in [0.5, 0.6) is 0 Å². The van der Waals surface area contributed by atoms with Gasteiger partial charge in [0.1, 0.15) is 0 Å². The van der Waals surface area contributed by atoms with Gasteiger partial charge in [-0.3, -0.25) is 0 Å². The van der Waals surface area contributed by atoms with Gasteiger partial charge in [0, 0.05) is 4.88 Å². The SMILES string of the molecule is CC(C)[C@](C)(O)c1ccc(Cl)s1. The third-order valence-electron chi connectivity index (χ3n) is 2.20. The Hall–Kier alpha value is -0.0500. The van der Waals surface area contributed by atoms with E-state index in [1.165, 1.54) is 11.3 Å². The molecule has 1 heterocycles. The van der Waals surface area contributed by atoms with Crippen LogP contribution in [0.4, 0.5) is 0 Å². The van der Waals surface area contributed by atoms with Gasteiger partial charge in [0.15, 0.2) is 0 Å². The maximum Gasteiger partial charge on any atom is 0.0983 e. The van der Waals surface area contributed by atoms with E-state index in [1.54, 1.807) is 0 Å². The Morgan fingerprint density at radius 1 is 1.50 bits per heavy atom. The van der Waals surface area contributed by atoms with Crippen LogP contribution in [0.2, 0.25) is 4.34 Å². The van der Waals surface area contributed by atoms with Crippen molar-refractivity contribution < 1.29 is 5.11 Å². The number of halogens is 1. The van der Waals surface area contributed by atoms with Crippen molar-refractivity contribution in [1.82, 2.24) is 0 Å². The van der Waals surface area contributed by atoms with Crippen molar-refractivity contribution in [2.75, 3.05) is 0 Å². The molecule has 1 nitrogen and oxygen atoms in total. The van der Waals surface area contributed by atoms with E-state index in [1.807, 2.05) is 32.9 Å². The predicted molar refractivity (Wildman–Crippen MR) is 53.7 cm³/mol. The third-order valence-corrected chi connectivity index (χ3v) is 3.65. The number of thiophene rings is 1. The van der Waals surface area contributed by atoms with Gasteiger partial charge in [-0.1, -0.05) is 25.4 Å². The Balaban J connectivity index is 2.97. The molecule has 0 saturated heterocycles. The van der Waals surface area contributed by atoms with Crippen molar-refractivity contribution in [2.24, 2.45) is 5.92 Å². The van der Waals surface area contributed by atoms with Gasteiger partial charge in [-0.25, -0.2) is 0 Å². The van der Waals surface area contributed by atoms with Gasteiger partial charge >= 0.3 is 0 Å². The molecule has 0 aromatic carbocycles. The van der Waals surface area contributed by atoms with Crippen LogP contribution in [0.15, 0.2) is 12.1 Å². The number of hydrogen-bond acceptors (Lipinski definition) is 2. The molecule has 68 valence electrons. The van der Waals surface area contributed by atoms with E-state index in [4.69, 9.17) is 11.6 Å². The van der Waals surface area contributed by atoms with E-state index in [0.29, 0.717) is 0 Å². The van der Waals surface area contributed by atoms with Crippen LogP contribution in [-0.2, 0) is 5.60 Å². The zero-order valence-corrected chi connectivity index (χ0v) is 9.04. The van der Waals surface area contributed by atoms with E-state index in [2.05, 4.69) is 0 Å². The van der Waals surface area contributed by atoms with Crippen molar-refractivity contribution in [2.45, 2.75) is 26.4 Å². The summed E-state index contributed by atoms with van der Waals surface area (Å²) in [7, 11) is 0. The minimum atomic E-state index is -0.752. The lowest BCUT2D eigenvalue weighted by Gasteiger charge is -2.26. The molecule has 1 N–H and O–H groups in total. The predicted octanol–water partition coefficient (Wildman–Crippen LogP) is 3.27. The smallest absolute Gasteiger partial charge is 0.0983 e. The molecular formula is C9H13ClOS. The van der Waals surface area contributed by atoms with Crippen molar-refractivity contribution in [3.8, 4) is 0 Å². The van der Waals surface area contributed by atoms with Crippen molar-refractivity contribution in [3.63, 3.8) is 0 Å². The lowest BCUT2D eigenvalue weighted by atomic mass is 9.91. The Labute approximate surface area is 82.0 Å². The van der Waals surface area contributed by atoms with Crippen LogP contribution >= 0.6 is 22.9 Å².